The summed E-state index contributed by atoms with van der Waals surface area (Å²) in [6.45, 7) is 2.54. The Labute approximate surface area is 145 Å². The zero-order chi connectivity index (χ0) is 17.0. The van der Waals surface area contributed by atoms with E-state index in [1.165, 1.54) is 0 Å². The van der Waals surface area contributed by atoms with Gasteiger partial charge in [0.05, 0.1) is 39.9 Å². The molecule has 1 heterocycles. The largest absolute Gasteiger partial charge is 0.378 e. The number of aliphatic hydroxyl groups is 1. The minimum atomic E-state index is -1.11. The van der Waals surface area contributed by atoms with Crippen molar-refractivity contribution < 1.29 is 14.3 Å². The molecule has 3 heteroatoms. The van der Waals surface area contributed by atoms with Gasteiger partial charge in [0, 0.05) is 12.8 Å². The Hall–Kier alpha value is -1.68. The number of nitrogens with zero attached hydrogens (tertiary/aromatic N) is 1. The highest BCUT2D eigenvalue weighted by Gasteiger charge is 2.34. The van der Waals surface area contributed by atoms with Crippen molar-refractivity contribution in [3.05, 3.63) is 71.8 Å². The zero-order valence-corrected chi connectivity index (χ0v) is 14.7. The third-order valence-electron chi connectivity index (χ3n) is 5.14. The van der Waals surface area contributed by atoms with Crippen LogP contribution >= 0.6 is 0 Å². The van der Waals surface area contributed by atoms with Crippen molar-refractivity contribution in [1.82, 2.24) is 0 Å². The van der Waals surface area contributed by atoms with Crippen LogP contribution < -0.4 is 0 Å². The summed E-state index contributed by atoms with van der Waals surface area (Å²) in [5, 5.41) is 11.5. The topological polar surface area (TPSA) is 29.5 Å². The lowest BCUT2D eigenvalue weighted by atomic mass is 9.87. The molecule has 2 aromatic carbocycles. The number of piperidine rings is 1. The van der Waals surface area contributed by atoms with E-state index in [9.17, 15) is 5.11 Å². The molecule has 1 fully saturated rings. The van der Waals surface area contributed by atoms with Gasteiger partial charge in [0.15, 0.2) is 0 Å². The van der Waals surface area contributed by atoms with Crippen molar-refractivity contribution in [3.63, 3.8) is 0 Å². The Morgan fingerprint density at radius 2 is 1.38 bits per heavy atom. The van der Waals surface area contributed by atoms with Crippen LogP contribution in [-0.2, 0) is 10.3 Å². The minimum Gasteiger partial charge on any atom is -0.378 e. The maximum absolute atomic E-state index is 11.5. The lowest BCUT2D eigenvalue weighted by Crippen LogP contribution is -2.48. The second-order valence-electron chi connectivity index (χ2n) is 7.49. The molecule has 1 saturated heterocycles. The molecule has 3 nitrogen and oxygen atoms in total. The van der Waals surface area contributed by atoms with Gasteiger partial charge in [-0.25, -0.2) is 0 Å². The quantitative estimate of drug-likeness (QED) is 0.855. The summed E-state index contributed by atoms with van der Waals surface area (Å²) in [5.41, 5.74) is 0.649. The lowest BCUT2D eigenvalue weighted by Gasteiger charge is -2.38. The molecule has 0 amide bonds. The van der Waals surface area contributed by atoms with Crippen LogP contribution in [0.25, 0.3) is 0 Å². The zero-order valence-electron chi connectivity index (χ0n) is 14.7. The average molecular weight is 326 g/mol. The number of rotatable bonds is 5. The van der Waals surface area contributed by atoms with Crippen molar-refractivity contribution >= 4 is 0 Å². The smallest absolute Gasteiger partial charge is 0.138 e. The van der Waals surface area contributed by atoms with Crippen LogP contribution in [-0.4, -0.2) is 49.5 Å². The second-order valence-corrected chi connectivity index (χ2v) is 7.49. The third kappa shape index (κ3) is 3.86. The molecule has 2 aromatic rings. The Kier molecular flexibility index (Phi) is 5.04. The molecule has 128 valence electrons. The third-order valence-corrected chi connectivity index (χ3v) is 5.14. The Morgan fingerprint density at radius 3 is 1.83 bits per heavy atom. The van der Waals surface area contributed by atoms with Crippen molar-refractivity contribution in [3.8, 4) is 0 Å². The highest BCUT2D eigenvalue weighted by atomic mass is 16.5. The van der Waals surface area contributed by atoms with Crippen molar-refractivity contribution in [2.75, 3.05) is 33.8 Å². The van der Waals surface area contributed by atoms with E-state index in [4.69, 9.17) is 4.74 Å². The summed E-state index contributed by atoms with van der Waals surface area (Å²) in [6, 6.07) is 19.7. The normalized spacial score (nSPS) is 18.5. The number of likely N-dealkylation sites (tertiary alicyclic amines) is 1. The Morgan fingerprint density at radius 1 is 0.917 bits per heavy atom. The summed E-state index contributed by atoms with van der Waals surface area (Å²) < 4.78 is 7.25. The van der Waals surface area contributed by atoms with Gasteiger partial charge in [-0.15, -0.1) is 0 Å². The minimum absolute atomic E-state index is 0.232. The second kappa shape index (κ2) is 7.06. The van der Waals surface area contributed by atoms with Crippen molar-refractivity contribution in [2.24, 2.45) is 0 Å². The first-order chi connectivity index (χ1) is 11.5. The fraction of sp³-hybridized carbons (Fsp3) is 0.429. The molecule has 0 radical (unpaired) electrons. The number of hydrogen-bond acceptors (Lipinski definition) is 2. The summed E-state index contributed by atoms with van der Waals surface area (Å²) >= 11 is 0. The van der Waals surface area contributed by atoms with Crippen molar-refractivity contribution in [1.29, 1.82) is 0 Å². The first-order valence-electron chi connectivity index (χ1n) is 8.77. The fourth-order valence-corrected chi connectivity index (χ4v) is 3.41. The number of hydrogen-bond donors (Lipinski definition) is 1. The van der Waals surface area contributed by atoms with Crippen LogP contribution in [0.1, 0.15) is 24.0 Å². The predicted octanol–water partition coefficient (Wildman–Crippen LogP) is 3.18. The van der Waals surface area contributed by atoms with E-state index >= 15 is 0 Å². The molecule has 0 bridgehead atoms. The maximum atomic E-state index is 11.5. The molecular formula is C21H28NO2+. The molecule has 0 atom stereocenters. The van der Waals surface area contributed by atoms with Gasteiger partial charge in [-0.2, -0.15) is 0 Å². The SMILES string of the molecule is C[N+]1(C)CCC(OCC(O)(c2ccccc2)c2ccccc2)CC1. The van der Waals surface area contributed by atoms with Crippen LogP contribution in [0.15, 0.2) is 60.7 Å². The Balaban J connectivity index is 1.77. The Bertz CT molecular complexity index is 590. The van der Waals surface area contributed by atoms with Crippen LogP contribution in [0.5, 0.6) is 0 Å². The fourth-order valence-electron chi connectivity index (χ4n) is 3.41. The lowest BCUT2D eigenvalue weighted by molar-refractivity contribution is -0.896. The molecule has 3 rings (SSSR count). The van der Waals surface area contributed by atoms with Crippen LogP contribution in [0.4, 0.5) is 0 Å². The van der Waals surface area contributed by atoms with Crippen LogP contribution in [0.2, 0.25) is 0 Å². The highest BCUT2D eigenvalue weighted by molar-refractivity contribution is 5.36. The van der Waals surface area contributed by atoms with Gasteiger partial charge in [-0.3, -0.25) is 0 Å². The van der Waals surface area contributed by atoms with E-state index in [0.717, 1.165) is 41.5 Å². The van der Waals surface area contributed by atoms with E-state index in [1.807, 2.05) is 60.7 Å². The average Bonchev–Trinajstić information content (AvgIpc) is 2.62. The first-order valence-corrected chi connectivity index (χ1v) is 8.77. The summed E-state index contributed by atoms with van der Waals surface area (Å²) in [6.07, 6.45) is 2.33. The molecule has 24 heavy (non-hydrogen) atoms. The van der Waals surface area contributed by atoms with Gasteiger partial charge in [0.2, 0.25) is 0 Å². The van der Waals surface area contributed by atoms with Gasteiger partial charge >= 0.3 is 0 Å². The molecule has 1 aliphatic heterocycles. The molecule has 0 spiro atoms. The maximum Gasteiger partial charge on any atom is 0.138 e. The van der Waals surface area contributed by atoms with Gasteiger partial charge in [0.1, 0.15) is 5.60 Å². The number of ether oxygens (including phenoxy) is 1. The summed E-state index contributed by atoms with van der Waals surface area (Å²) in [7, 11) is 4.53. The molecule has 1 N–H and O–H groups in total. The number of quaternary nitrogens is 1. The summed E-state index contributed by atoms with van der Waals surface area (Å²) in [4.78, 5) is 0. The molecule has 0 aliphatic carbocycles. The van der Waals surface area contributed by atoms with Gasteiger partial charge < -0.3 is 14.3 Å². The number of benzene rings is 2. The van der Waals surface area contributed by atoms with Crippen LogP contribution in [0.3, 0.4) is 0 Å². The van der Waals surface area contributed by atoms with E-state index in [1.54, 1.807) is 0 Å². The predicted molar refractivity (Wildman–Crippen MR) is 96.7 cm³/mol. The van der Waals surface area contributed by atoms with Crippen molar-refractivity contribution in [2.45, 2.75) is 24.5 Å². The van der Waals surface area contributed by atoms with E-state index in [-0.39, 0.29) is 6.10 Å². The van der Waals surface area contributed by atoms with Crippen LogP contribution in [0, 0.1) is 0 Å². The molecule has 0 saturated carbocycles. The highest BCUT2D eigenvalue weighted by Crippen LogP contribution is 2.31. The van der Waals surface area contributed by atoms with E-state index in [0.29, 0.717) is 6.61 Å². The van der Waals surface area contributed by atoms with Gasteiger partial charge in [0.25, 0.3) is 0 Å². The van der Waals surface area contributed by atoms with Gasteiger partial charge in [-0.05, 0) is 11.1 Å². The molecule has 0 unspecified atom stereocenters. The summed E-state index contributed by atoms with van der Waals surface area (Å²) in [5.74, 6) is 0. The monoisotopic (exact) mass is 326 g/mol. The molecular weight excluding hydrogens is 298 g/mol. The molecule has 1 aliphatic rings. The standard InChI is InChI=1S/C21H28NO2/c1-22(2)15-13-20(14-16-22)24-17-21(23,18-9-5-3-6-10-18)19-11-7-4-8-12-19/h3-12,20,23H,13-17H2,1-2H3/q+1. The molecule has 0 aromatic heterocycles. The first kappa shape index (κ1) is 17.2. The van der Waals surface area contributed by atoms with E-state index < -0.39 is 5.60 Å². The van der Waals surface area contributed by atoms with Gasteiger partial charge in [-0.1, -0.05) is 60.7 Å². The van der Waals surface area contributed by atoms with E-state index in [2.05, 4.69) is 14.1 Å².